The van der Waals surface area contributed by atoms with Crippen molar-refractivity contribution >= 4 is 23.8 Å². The third-order valence-corrected chi connectivity index (χ3v) is 1.48. The molecule has 0 N–H and O–H groups in total. The zero-order valence-corrected chi connectivity index (χ0v) is 12.7. The third-order valence-electron chi connectivity index (χ3n) is 1.48. The van der Waals surface area contributed by atoms with E-state index in [4.69, 9.17) is 5.39 Å². The van der Waals surface area contributed by atoms with Crippen molar-refractivity contribution in [2.75, 3.05) is 19.0 Å². The largest absolute Gasteiger partial charge is 1.00 e. The summed E-state index contributed by atoms with van der Waals surface area (Å²) < 4.78 is 0. The monoisotopic (exact) mass is 283 g/mol. The van der Waals surface area contributed by atoms with Gasteiger partial charge < -0.3 is 17.3 Å². The van der Waals surface area contributed by atoms with Crippen molar-refractivity contribution in [2.45, 2.75) is 0 Å². The number of hydrogen-bond acceptors (Lipinski definition) is 2. The van der Waals surface area contributed by atoms with Gasteiger partial charge in [0.2, 0.25) is 5.39 Å². The molecule has 6 heteroatoms. The molecule has 74 valence electrons. The molecule has 0 atom stereocenters. The van der Waals surface area contributed by atoms with Crippen molar-refractivity contribution < 1.29 is 31.9 Å². The van der Waals surface area contributed by atoms with Crippen LogP contribution < -0.4 is 17.3 Å². The predicted octanol–water partition coefficient (Wildman–Crippen LogP) is -0.340. The first-order chi connectivity index (χ1) is 5.24. The summed E-state index contributed by atoms with van der Waals surface area (Å²) in [4.78, 5) is 5.04. The fourth-order valence-electron chi connectivity index (χ4n) is 0.817. The summed E-state index contributed by atoms with van der Waals surface area (Å²) in [6, 6.07) is 7.31. The first kappa shape index (κ1) is 19.3. The smallest absolute Gasteiger partial charge is 0.385 e. The van der Waals surface area contributed by atoms with Gasteiger partial charge in [0.1, 0.15) is 0 Å². The van der Waals surface area contributed by atoms with Gasteiger partial charge in [-0.25, -0.2) is 0 Å². The van der Waals surface area contributed by atoms with Crippen LogP contribution in [-0.2, 0) is 19.5 Å². The summed E-state index contributed by atoms with van der Waals surface area (Å²) in [6.45, 7) is 0. The van der Waals surface area contributed by atoms with Crippen molar-refractivity contribution in [3.8, 4) is 0 Å². The SMILES string of the molecule is CN(C)c1ccc([N+]#N)cc1.Cl.[Cl-].[Zn]. The van der Waals surface area contributed by atoms with Crippen molar-refractivity contribution in [1.29, 1.82) is 5.39 Å². The first-order valence-electron chi connectivity index (χ1n) is 3.36. The van der Waals surface area contributed by atoms with E-state index in [2.05, 4.69) is 4.98 Å². The van der Waals surface area contributed by atoms with E-state index in [0.29, 0.717) is 5.69 Å². The summed E-state index contributed by atoms with van der Waals surface area (Å²) in [5.41, 5.74) is 1.67. The van der Waals surface area contributed by atoms with Crippen LogP contribution in [0.5, 0.6) is 0 Å². The van der Waals surface area contributed by atoms with E-state index in [1.807, 2.05) is 31.1 Å². The van der Waals surface area contributed by atoms with Crippen LogP contribution in [0, 0.1) is 5.39 Å². The maximum atomic E-state index is 8.38. The summed E-state index contributed by atoms with van der Waals surface area (Å²) in [5.74, 6) is 0. The van der Waals surface area contributed by atoms with Gasteiger partial charge in [-0.2, -0.15) is 0 Å². The van der Waals surface area contributed by atoms with Gasteiger partial charge in [-0.3, -0.25) is 0 Å². The summed E-state index contributed by atoms with van der Waals surface area (Å²) in [6.07, 6.45) is 0. The van der Waals surface area contributed by atoms with Gasteiger partial charge in [-0.15, -0.1) is 12.4 Å². The molecular weight excluding hydrogens is 274 g/mol. The van der Waals surface area contributed by atoms with Gasteiger partial charge in [0.15, 0.2) is 4.98 Å². The minimum absolute atomic E-state index is 0. The molecule has 0 aliphatic carbocycles. The van der Waals surface area contributed by atoms with Gasteiger partial charge in [0, 0.05) is 51.4 Å². The Kier molecular flexibility index (Phi) is 12.7. The van der Waals surface area contributed by atoms with Crippen LogP contribution in [0.25, 0.3) is 4.98 Å². The Morgan fingerprint density at radius 1 is 1.14 bits per heavy atom. The molecule has 0 saturated carbocycles. The molecule has 0 aromatic heterocycles. The van der Waals surface area contributed by atoms with E-state index >= 15 is 0 Å². The number of anilines is 1. The number of rotatable bonds is 1. The minimum atomic E-state index is 0. The second kappa shape index (κ2) is 9.21. The standard InChI is InChI=1S/C8H10N3.2ClH.Zn/c1-11(2)8-5-3-7(10-9)4-6-8;;;/h3-6H,1-2H3;2*1H;/q+1;;;/p-1. The van der Waals surface area contributed by atoms with Crippen LogP contribution in [-0.4, -0.2) is 14.1 Å². The second-order valence-electron chi connectivity index (χ2n) is 2.51. The Morgan fingerprint density at radius 3 is 1.86 bits per heavy atom. The topological polar surface area (TPSA) is 31.4 Å². The first-order valence-corrected chi connectivity index (χ1v) is 3.36. The second-order valence-corrected chi connectivity index (χ2v) is 2.51. The van der Waals surface area contributed by atoms with Crippen molar-refractivity contribution in [3.05, 3.63) is 29.2 Å². The summed E-state index contributed by atoms with van der Waals surface area (Å²) >= 11 is 0. The molecule has 0 amide bonds. The molecule has 0 spiro atoms. The Balaban J connectivity index is -0.000000403. The number of diazo groups is 1. The van der Waals surface area contributed by atoms with Gasteiger partial charge in [-0.05, 0) is 12.1 Å². The van der Waals surface area contributed by atoms with Gasteiger partial charge in [0.05, 0.1) is 0 Å². The molecule has 0 radical (unpaired) electrons. The molecule has 0 bridgehead atoms. The zero-order chi connectivity index (χ0) is 8.27. The molecule has 0 heterocycles. The molecular formula is C8H11Cl2N3Zn. The molecule has 1 aromatic rings. The van der Waals surface area contributed by atoms with Gasteiger partial charge in [-0.1, -0.05) is 0 Å². The average Bonchev–Trinajstić information content (AvgIpc) is 2.05. The van der Waals surface area contributed by atoms with E-state index in [0.717, 1.165) is 5.69 Å². The molecule has 14 heavy (non-hydrogen) atoms. The third kappa shape index (κ3) is 5.39. The van der Waals surface area contributed by atoms with Gasteiger partial charge in [0.25, 0.3) is 0 Å². The van der Waals surface area contributed by atoms with Crippen LogP contribution in [0.15, 0.2) is 24.3 Å². The molecule has 0 saturated heterocycles. The zero-order valence-electron chi connectivity index (χ0n) is 8.14. The Labute approximate surface area is 109 Å². The molecule has 3 nitrogen and oxygen atoms in total. The van der Waals surface area contributed by atoms with Crippen molar-refractivity contribution in [3.63, 3.8) is 0 Å². The molecule has 0 fully saturated rings. The fraction of sp³-hybridized carbons (Fsp3) is 0.250. The fourth-order valence-corrected chi connectivity index (χ4v) is 0.817. The average molecular weight is 285 g/mol. The Hall–Kier alpha value is -0.357. The van der Waals surface area contributed by atoms with Crippen LogP contribution in [0.3, 0.4) is 0 Å². The summed E-state index contributed by atoms with van der Waals surface area (Å²) in [7, 11) is 3.93. The minimum Gasteiger partial charge on any atom is -1.00 e. The number of nitrogens with zero attached hydrogens (tertiary/aromatic N) is 3. The molecule has 1 rings (SSSR count). The Morgan fingerprint density at radius 2 is 1.57 bits per heavy atom. The van der Waals surface area contributed by atoms with Crippen LogP contribution in [0.2, 0.25) is 0 Å². The van der Waals surface area contributed by atoms with Crippen LogP contribution >= 0.6 is 12.4 Å². The molecule has 1 aromatic carbocycles. The van der Waals surface area contributed by atoms with E-state index < -0.39 is 0 Å². The molecule has 0 aliphatic heterocycles. The summed E-state index contributed by atoms with van der Waals surface area (Å²) in [5, 5.41) is 8.38. The van der Waals surface area contributed by atoms with Gasteiger partial charge >= 0.3 is 5.69 Å². The predicted molar refractivity (Wildman–Crippen MR) is 52.8 cm³/mol. The van der Waals surface area contributed by atoms with Crippen LogP contribution in [0.4, 0.5) is 11.4 Å². The maximum Gasteiger partial charge on any atom is 0.385 e. The quantitative estimate of drug-likeness (QED) is 0.522. The molecule has 0 unspecified atom stereocenters. The van der Waals surface area contributed by atoms with Crippen LogP contribution in [0.1, 0.15) is 0 Å². The normalized spacial score (nSPS) is 6.93. The number of benzene rings is 1. The maximum absolute atomic E-state index is 8.38. The van der Waals surface area contributed by atoms with E-state index in [1.54, 1.807) is 12.1 Å². The number of hydrogen-bond donors (Lipinski definition) is 0. The van der Waals surface area contributed by atoms with E-state index in [9.17, 15) is 0 Å². The molecule has 0 aliphatic rings. The van der Waals surface area contributed by atoms with Crippen molar-refractivity contribution in [2.24, 2.45) is 0 Å². The van der Waals surface area contributed by atoms with Crippen molar-refractivity contribution in [1.82, 2.24) is 0 Å². The number of halogens is 2. The van der Waals surface area contributed by atoms with E-state index in [1.165, 1.54) is 0 Å². The van der Waals surface area contributed by atoms with E-state index in [-0.39, 0.29) is 44.3 Å². The Bertz CT molecular complexity index is 282.